The molecule has 26 heavy (non-hydrogen) atoms. The highest BCUT2D eigenvalue weighted by Crippen LogP contribution is 2.27. The van der Waals surface area contributed by atoms with E-state index < -0.39 is 6.10 Å². The van der Waals surface area contributed by atoms with Gasteiger partial charge in [0.1, 0.15) is 6.10 Å². The number of aliphatic hydroxyl groups excluding tert-OH is 1. The molecule has 0 bridgehead atoms. The van der Waals surface area contributed by atoms with E-state index in [1.807, 2.05) is 12.1 Å². The molecular formula is C17H24ClIN4OS2. The monoisotopic (exact) mass is 526 g/mol. The number of halogens is 2. The quantitative estimate of drug-likeness (QED) is 0.352. The molecule has 1 fully saturated rings. The molecule has 5 nitrogen and oxygen atoms in total. The number of aliphatic imine (C=N–C) groups is 1. The van der Waals surface area contributed by atoms with Crippen LogP contribution in [0.2, 0.25) is 4.34 Å². The molecule has 2 N–H and O–H groups in total. The first-order chi connectivity index (χ1) is 12.2. The molecule has 1 aliphatic rings. The largest absolute Gasteiger partial charge is 0.386 e. The smallest absolute Gasteiger partial charge is 0.194 e. The van der Waals surface area contributed by atoms with Gasteiger partial charge < -0.3 is 20.2 Å². The van der Waals surface area contributed by atoms with E-state index >= 15 is 0 Å². The summed E-state index contributed by atoms with van der Waals surface area (Å²) < 4.78 is 0.689. The first kappa shape index (κ1) is 21.7. The van der Waals surface area contributed by atoms with E-state index in [0.29, 0.717) is 10.9 Å². The molecule has 1 saturated heterocycles. The van der Waals surface area contributed by atoms with Crippen molar-refractivity contribution in [2.45, 2.75) is 13.0 Å². The summed E-state index contributed by atoms with van der Waals surface area (Å²) in [6, 6.07) is 7.93. The first-order valence-corrected chi connectivity index (χ1v) is 10.5. The van der Waals surface area contributed by atoms with Gasteiger partial charge in [0, 0.05) is 37.6 Å². The topological polar surface area (TPSA) is 51.1 Å². The van der Waals surface area contributed by atoms with Crippen LogP contribution >= 0.6 is 58.3 Å². The molecule has 2 aromatic rings. The Morgan fingerprint density at radius 2 is 2.08 bits per heavy atom. The van der Waals surface area contributed by atoms with Crippen molar-refractivity contribution in [1.82, 2.24) is 10.2 Å². The van der Waals surface area contributed by atoms with Crippen molar-refractivity contribution in [3.63, 3.8) is 0 Å². The van der Waals surface area contributed by atoms with Crippen molar-refractivity contribution in [2.75, 3.05) is 44.2 Å². The van der Waals surface area contributed by atoms with Crippen molar-refractivity contribution in [3.8, 4) is 0 Å². The van der Waals surface area contributed by atoms with E-state index in [1.54, 1.807) is 11.3 Å². The average molecular weight is 527 g/mol. The van der Waals surface area contributed by atoms with Crippen LogP contribution in [0.25, 0.3) is 0 Å². The lowest BCUT2D eigenvalue weighted by molar-refractivity contribution is 0.190. The van der Waals surface area contributed by atoms with Crippen LogP contribution in [0.5, 0.6) is 0 Å². The van der Waals surface area contributed by atoms with Gasteiger partial charge in [-0.15, -0.1) is 46.7 Å². The molecule has 3 heterocycles. The van der Waals surface area contributed by atoms with Crippen molar-refractivity contribution >= 4 is 69.2 Å². The summed E-state index contributed by atoms with van der Waals surface area (Å²) in [7, 11) is 0. The Balaban J connectivity index is 0.00000243. The van der Waals surface area contributed by atoms with E-state index in [1.165, 1.54) is 16.3 Å². The molecule has 0 aliphatic carbocycles. The minimum absolute atomic E-state index is 0. The Hall–Kier alpha value is -0.550. The van der Waals surface area contributed by atoms with Gasteiger partial charge >= 0.3 is 0 Å². The summed E-state index contributed by atoms with van der Waals surface area (Å²) in [6.45, 7) is 7.01. The molecule has 3 rings (SSSR count). The molecule has 1 atom stereocenters. The van der Waals surface area contributed by atoms with Crippen LogP contribution in [0.4, 0.5) is 5.00 Å². The van der Waals surface area contributed by atoms with Gasteiger partial charge in [0.15, 0.2) is 5.96 Å². The lowest BCUT2D eigenvalue weighted by Crippen LogP contribution is -2.52. The van der Waals surface area contributed by atoms with Gasteiger partial charge in [-0.1, -0.05) is 11.6 Å². The van der Waals surface area contributed by atoms with Gasteiger partial charge in [-0.3, -0.25) is 4.99 Å². The number of anilines is 1. The van der Waals surface area contributed by atoms with Crippen LogP contribution in [0.3, 0.4) is 0 Å². The van der Waals surface area contributed by atoms with E-state index in [4.69, 9.17) is 11.6 Å². The van der Waals surface area contributed by atoms with E-state index in [2.05, 4.69) is 44.5 Å². The summed E-state index contributed by atoms with van der Waals surface area (Å²) in [6.07, 6.45) is -0.612. The number of thiophene rings is 2. The van der Waals surface area contributed by atoms with Gasteiger partial charge in [0.25, 0.3) is 0 Å². The highest BCUT2D eigenvalue weighted by Gasteiger charge is 2.20. The van der Waals surface area contributed by atoms with Gasteiger partial charge in [0.05, 0.1) is 15.9 Å². The number of hydrogen-bond acceptors (Lipinski definition) is 5. The molecular weight excluding hydrogens is 503 g/mol. The first-order valence-electron chi connectivity index (χ1n) is 8.42. The summed E-state index contributed by atoms with van der Waals surface area (Å²) in [5.74, 6) is 0.870. The fourth-order valence-corrected chi connectivity index (χ4v) is 4.61. The van der Waals surface area contributed by atoms with Gasteiger partial charge in [-0.05, 0) is 36.6 Å². The Bertz CT molecular complexity index is 687. The van der Waals surface area contributed by atoms with Crippen molar-refractivity contribution in [2.24, 2.45) is 4.99 Å². The molecule has 1 aliphatic heterocycles. The number of nitrogens with zero attached hydrogens (tertiary/aromatic N) is 3. The number of aliphatic hydroxyl groups is 1. The minimum atomic E-state index is -0.612. The predicted molar refractivity (Wildman–Crippen MR) is 124 cm³/mol. The lowest BCUT2D eigenvalue weighted by atomic mass is 10.3. The molecule has 1 unspecified atom stereocenters. The molecule has 0 aromatic carbocycles. The van der Waals surface area contributed by atoms with E-state index in [-0.39, 0.29) is 24.0 Å². The average Bonchev–Trinajstić information content (AvgIpc) is 3.30. The normalized spacial score (nSPS) is 16.3. The molecule has 0 radical (unpaired) electrons. The van der Waals surface area contributed by atoms with Crippen LogP contribution < -0.4 is 10.2 Å². The maximum absolute atomic E-state index is 10.3. The van der Waals surface area contributed by atoms with Crippen LogP contribution in [-0.2, 0) is 0 Å². The minimum Gasteiger partial charge on any atom is -0.386 e. The molecule has 2 aromatic heterocycles. The highest BCUT2D eigenvalue weighted by molar-refractivity contribution is 14.0. The summed E-state index contributed by atoms with van der Waals surface area (Å²) in [5.41, 5.74) is 0. The maximum atomic E-state index is 10.3. The highest BCUT2D eigenvalue weighted by atomic mass is 127. The molecule has 0 saturated carbocycles. The fraction of sp³-hybridized carbons (Fsp3) is 0.471. The SMILES string of the molecule is CCNC(=NCC(O)c1ccc(Cl)s1)N1CCN(c2cccs2)CC1.I. The van der Waals surface area contributed by atoms with E-state index in [0.717, 1.165) is 43.6 Å². The second kappa shape index (κ2) is 10.7. The number of piperazine rings is 1. The molecule has 0 spiro atoms. The number of hydrogen-bond donors (Lipinski definition) is 2. The van der Waals surface area contributed by atoms with E-state index in [9.17, 15) is 5.11 Å². The number of rotatable bonds is 5. The van der Waals surface area contributed by atoms with Crippen molar-refractivity contribution in [1.29, 1.82) is 0 Å². The zero-order valence-electron chi connectivity index (χ0n) is 14.6. The molecule has 0 amide bonds. The zero-order valence-corrected chi connectivity index (χ0v) is 19.3. The lowest BCUT2D eigenvalue weighted by Gasteiger charge is -2.37. The standard InChI is InChI=1S/C17H23ClN4OS2.HI/c1-2-19-17(20-12-13(23)14-5-6-15(18)25-14)22-9-7-21(8-10-22)16-4-3-11-24-16;/h3-6,11,13,23H,2,7-10,12H2,1H3,(H,19,20);1H. The number of nitrogens with one attached hydrogen (secondary N) is 1. The Labute approximate surface area is 184 Å². The second-order valence-electron chi connectivity index (χ2n) is 5.78. The van der Waals surface area contributed by atoms with Crippen LogP contribution in [-0.4, -0.2) is 55.2 Å². The van der Waals surface area contributed by atoms with Crippen LogP contribution in [0, 0.1) is 0 Å². The second-order valence-corrected chi connectivity index (χ2v) is 8.45. The zero-order chi connectivity index (χ0) is 17.6. The van der Waals surface area contributed by atoms with Crippen LogP contribution in [0.15, 0.2) is 34.6 Å². The number of guanidine groups is 1. The maximum Gasteiger partial charge on any atom is 0.194 e. The Morgan fingerprint density at radius 1 is 1.31 bits per heavy atom. The third kappa shape index (κ3) is 5.72. The fourth-order valence-electron chi connectivity index (χ4n) is 2.78. The molecule has 9 heteroatoms. The van der Waals surface area contributed by atoms with Crippen molar-refractivity contribution in [3.05, 3.63) is 38.9 Å². The summed E-state index contributed by atoms with van der Waals surface area (Å²) in [5, 5.41) is 17.1. The predicted octanol–water partition coefficient (Wildman–Crippen LogP) is 3.90. The summed E-state index contributed by atoms with van der Waals surface area (Å²) >= 11 is 9.13. The Kier molecular flexibility index (Phi) is 8.95. The third-order valence-corrected chi connectivity index (χ3v) is 6.33. The molecule has 144 valence electrons. The third-order valence-electron chi connectivity index (χ3n) is 4.07. The van der Waals surface area contributed by atoms with Crippen LogP contribution in [0.1, 0.15) is 17.9 Å². The van der Waals surface area contributed by atoms with Crippen molar-refractivity contribution < 1.29 is 5.11 Å². The van der Waals surface area contributed by atoms with Gasteiger partial charge in [0.2, 0.25) is 0 Å². The Morgan fingerprint density at radius 3 is 2.65 bits per heavy atom. The summed E-state index contributed by atoms with van der Waals surface area (Å²) in [4.78, 5) is 10.2. The van der Waals surface area contributed by atoms with Gasteiger partial charge in [-0.25, -0.2) is 0 Å². The van der Waals surface area contributed by atoms with Gasteiger partial charge in [-0.2, -0.15) is 0 Å².